The quantitative estimate of drug-likeness (QED) is 0.0763. The molecule has 15 nitrogen and oxygen atoms in total. The second-order valence-electron chi connectivity index (χ2n) is 18.7. The Labute approximate surface area is 433 Å². The molecule has 4 aromatic carbocycles. The largest absolute Gasteiger partial charge is 0.490 e. The number of carbonyl (C=O) groups is 1. The number of fused-ring (bicyclic) bond motifs is 8. The molecular weight excluding hydrogens is 1010 g/mol. The first-order valence-electron chi connectivity index (χ1n) is 24.2. The third-order valence-corrected chi connectivity index (χ3v) is 15.6. The van der Waals surface area contributed by atoms with Crippen LogP contribution in [-0.2, 0) is 32.0 Å². The van der Waals surface area contributed by atoms with Crippen molar-refractivity contribution in [1.82, 2.24) is 29.7 Å². The molecule has 0 radical (unpaired) electrons. The lowest BCUT2D eigenvalue weighted by Gasteiger charge is -2.35. The van der Waals surface area contributed by atoms with Crippen molar-refractivity contribution in [3.63, 3.8) is 0 Å². The van der Waals surface area contributed by atoms with Gasteiger partial charge < -0.3 is 43.2 Å². The SMILES string of the molecule is COCCOCCOC[C@]1(F)CC=C(c2nccc(COc3ccc4cc3CC(C(=O)O)Oc3ncnc5sc6c7ccc(F)cc7c7c(Cl)c(c(Cl)c(C)c7c6c35)O[C@H](CN3CCN(C)CC3)CO4)n2)CC1. The first-order chi connectivity index (χ1) is 35.4. The van der Waals surface area contributed by atoms with E-state index >= 15 is 8.78 Å². The molecule has 3 atom stereocenters. The van der Waals surface area contributed by atoms with Crippen molar-refractivity contribution in [2.75, 3.05) is 86.5 Å². The van der Waals surface area contributed by atoms with Crippen LogP contribution in [-0.4, -0.2) is 145 Å². The fraction of sp³-hybridized carbons (Fsp3) is 0.415. The minimum atomic E-state index is -1.51. The van der Waals surface area contributed by atoms with E-state index in [2.05, 4.69) is 31.8 Å². The number of carboxylic acids is 1. The molecular formula is C53H54Cl2F2N6O9S. The molecule has 1 aliphatic carbocycles. The average molecular weight is 1060 g/mol. The summed E-state index contributed by atoms with van der Waals surface area (Å²) in [6.45, 7) is 7.24. The van der Waals surface area contributed by atoms with E-state index in [1.807, 2.05) is 13.0 Å². The topological polar surface area (TPSA) is 160 Å². The first kappa shape index (κ1) is 50.9. The van der Waals surface area contributed by atoms with Gasteiger partial charge in [-0.3, -0.25) is 4.90 Å². The smallest absolute Gasteiger partial charge is 0.345 e. The summed E-state index contributed by atoms with van der Waals surface area (Å²) in [4.78, 5) is 36.9. The summed E-state index contributed by atoms with van der Waals surface area (Å²) < 4.78 is 74.1. The summed E-state index contributed by atoms with van der Waals surface area (Å²) in [6.07, 6.45) is 3.35. The van der Waals surface area contributed by atoms with Gasteiger partial charge in [0.2, 0.25) is 12.0 Å². The van der Waals surface area contributed by atoms with Crippen molar-refractivity contribution in [1.29, 1.82) is 0 Å². The van der Waals surface area contributed by atoms with Crippen LogP contribution in [0.4, 0.5) is 8.78 Å². The van der Waals surface area contributed by atoms with Gasteiger partial charge in [-0.15, -0.1) is 11.3 Å². The Morgan fingerprint density at radius 3 is 2.56 bits per heavy atom. The van der Waals surface area contributed by atoms with Crippen LogP contribution < -0.4 is 18.9 Å². The van der Waals surface area contributed by atoms with Crippen molar-refractivity contribution in [3.8, 4) is 23.1 Å². The number of piperazine rings is 1. The Morgan fingerprint density at radius 1 is 0.945 bits per heavy atom. The fourth-order valence-electron chi connectivity index (χ4n) is 9.66. The molecule has 73 heavy (non-hydrogen) atoms. The molecule has 384 valence electrons. The number of benzene rings is 4. The predicted octanol–water partition coefficient (Wildman–Crippen LogP) is 9.69. The number of ether oxygens (including phenoxy) is 7. The van der Waals surface area contributed by atoms with E-state index < -0.39 is 29.7 Å². The second kappa shape index (κ2) is 22.1. The maximum atomic E-state index is 15.7. The molecule has 20 heteroatoms. The molecule has 0 amide bonds. The van der Waals surface area contributed by atoms with Gasteiger partial charge in [-0.05, 0) is 85.1 Å². The van der Waals surface area contributed by atoms with Gasteiger partial charge in [0.05, 0.1) is 54.2 Å². The normalized spacial score (nSPS) is 20.0. The van der Waals surface area contributed by atoms with E-state index in [4.69, 9.17) is 61.3 Å². The van der Waals surface area contributed by atoms with Crippen LogP contribution in [0.25, 0.3) is 47.4 Å². The molecule has 6 bridgehead atoms. The summed E-state index contributed by atoms with van der Waals surface area (Å²) in [5.74, 6) is -0.192. The highest BCUT2D eigenvalue weighted by atomic mass is 35.5. The number of alkyl halides is 1. The minimum Gasteiger partial charge on any atom is -0.490 e. The number of nitrogens with zero attached hydrogens (tertiary/aromatic N) is 6. The van der Waals surface area contributed by atoms with Crippen LogP contribution in [0.2, 0.25) is 10.0 Å². The van der Waals surface area contributed by atoms with Gasteiger partial charge in [-0.25, -0.2) is 33.5 Å². The summed E-state index contributed by atoms with van der Waals surface area (Å²) in [5.41, 5.74) is 0.950. The van der Waals surface area contributed by atoms with Crippen molar-refractivity contribution < 1.29 is 51.8 Å². The number of allylic oxidation sites excluding steroid dienone is 2. The maximum Gasteiger partial charge on any atom is 0.345 e. The zero-order valence-electron chi connectivity index (χ0n) is 40.6. The number of hydrogen-bond acceptors (Lipinski definition) is 15. The molecule has 1 saturated heterocycles. The summed E-state index contributed by atoms with van der Waals surface area (Å²) in [7, 11) is 3.69. The molecule has 4 aliphatic rings. The van der Waals surface area contributed by atoms with Crippen molar-refractivity contribution in [2.45, 2.75) is 57.1 Å². The van der Waals surface area contributed by atoms with E-state index in [0.717, 1.165) is 36.5 Å². The predicted molar refractivity (Wildman–Crippen MR) is 276 cm³/mol. The molecule has 7 aromatic rings. The Hall–Kier alpha value is -5.57. The first-order valence-corrected chi connectivity index (χ1v) is 25.7. The Morgan fingerprint density at radius 2 is 1.77 bits per heavy atom. The van der Waals surface area contributed by atoms with Gasteiger partial charge in [0, 0.05) is 85.3 Å². The lowest BCUT2D eigenvalue weighted by atomic mass is 9.87. The molecule has 3 aliphatic heterocycles. The van der Waals surface area contributed by atoms with E-state index in [9.17, 15) is 9.90 Å². The summed E-state index contributed by atoms with van der Waals surface area (Å²) >= 11 is 16.1. The molecule has 0 spiro atoms. The molecule has 0 saturated carbocycles. The third-order valence-electron chi connectivity index (χ3n) is 13.6. The Kier molecular flexibility index (Phi) is 15.4. The standard InChI is InChI=1S/C53H54Cl2F2N6O9S/c1-30-41-42-38-24-33(56)4-6-37(38)48-43(41)44-50(59-29-60-51(44)73-48)72-40(52(64)65)23-32-22-35(69-27-36(71-47(45(30)54)46(42)55)25-63-16-14-62(2)15-17-63)5-7-39(32)70-26-34-10-13-58-49(61-34)31-8-11-53(57,12-9-31)28-68-21-20-67-19-18-66-3/h4-8,10,13,22,24,29,36,40H,9,11-12,14-21,23,25-28H2,1-3H3,(H,64,65)/t36-,40?,53+/m1/s1. The molecule has 1 unspecified atom stereocenters. The number of likely N-dealkylation sites (N-methyl/N-ethyl adjacent to an activating group) is 1. The van der Waals surface area contributed by atoms with Gasteiger partial charge in [-0.1, -0.05) is 35.3 Å². The number of aromatic nitrogens is 4. The second-order valence-corrected chi connectivity index (χ2v) is 20.4. The number of aliphatic carboxylic acids is 1. The molecule has 1 fully saturated rings. The highest BCUT2D eigenvalue weighted by Crippen LogP contribution is 2.53. The monoisotopic (exact) mass is 1060 g/mol. The van der Waals surface area contributed by atoms with Gasteiger partial charge in [0.15, 0.2) is 11.6 Å². The number of thiophene rings is 1. The number of halogens is 4. The van der Waals surface area contributed by atoms with Crippen LogP contribution >= 0.6 is 34.5 Å². The number of hydrogen-bond donors (Lipinski definition) is 1. The lowest BCUT2D eigenvalue weighted by Crippen LogP contribution is -2.49. The highest BCUT2D eigenvalue weighted by Gasteiger charge is 2.34. The van der Waals surface area contributed by atoms with Gasteiger partial charge >= 0.3 is 5.97 Å². The van der Waals surface area contributed by atoms with E-state index in [1.54, 1.807) is 43.6 Å². The zero-order chi connectivity index (χ0) is 50.8. The number of methoxy groups -OCH3 is 1. The molecule has 6 heterocycles. The van der Waals surface area contributed by atoms with E-state index in [0.29, 0.717) is 104 Å². The van der Waals surface area contributed by atoms with E-state index in [-0.39, 0.29) is 67.4 Å². The van der Waals surface area contributed by atoms with Crippen LogP contribution in [0.5, 0.6) is 23.1 Å². The van der Waals surface area contributed by atoms with Gasteiger partial charge in [0.25, 0.3) is 0 Å². The van der Waals surface area contributed by atoms with Crippen molar-refractivity contribution in [3.05, 3.63) is 99.6 Å². The molecule has 11 rings (SSSR count). The lowest BCUT2D eigenvalue weighted by molar-refractivity contribution is -0.145. The minimum absolute atomic E-state index is 0.00223. The van der Waals surface area contributed by atoms with Gasteiger partial charge in [0.1, 0.15) is 53.5 Å². The number of carboxylic acid groups (broad SMARTS) is 1. The summed E-state index contributed by atoms with van der Waals surface area (Å²) in [6, 6.07) is 11.5. The van der Waals surface area contributed by atoms with Gasteiger partial charge in [-0.2, -0.15) is 0 Å². The highest BCUT2D eigenvalue weighted by molar-refractivity contribution is 7.26. The summed E-state index contributed by atoms with van der Waals surface area (Å²) in [5, 5.41) is 14.8. The third kappa shape index (κ3) is 11.0. The molecule has 1 N–H and O–H groups in total. The zero-order valence-corrected chi connectivity index (χ0v) is 42.9. The van der Waals surface area contributed by atoms with E-state index in [1.165, 1.54) is 29.8 Å². The van der Waals surface area contributed by atoms with Crippen LogP contribution in [0.3, 0.4) is 0 Å². The average Bonchev–Trinajstić information content (AvgIpc) is 3.79. The number of rotatable bonds is 15. The van der Waals surface area contributed by atoms with Crippen LogP contribution in [0.1, 0.15) is 41.9 Å². The van der Waals surface area contributed by atoms with Crippen LogP contribution in [0.15, 0.2) is 61.1 Å². The van der Waals surface area contributed by atoms with Crippen molar-refractivity contribution in [2.24, 2.45) is 0 Å². The maximum absolute atomic E-state index is 15.7. The van der Waals surface area contributed by atoms with Crippen molar-refractivity contribution >= 4 is 87.9 Å². The fourth-order valence-corrected chi connectivity index (χ4v) is 11.5. The Bertz CT molecular complexity index is 3230. The number of aryl methyl sites for hydroxylation is 1. The Balaban J connectivity index is 0.989. The molecule has 3 aromatic heterocycles. The van der Waals surface area contributed by atoms with Crippen LogP contribution in [0, 0.1) is 12.7 Å².